The summed E-state index contributed by atoms with van der Waals surface area (Å²) in [6.07, 6.45) is 6.38. The van der Waals surface area contributed by atoms with Crippen LogP contribution < -0.4 is 5.32 Å². The molecule has 4 nitrogen and oxygen atoms in total. The third-order valence-electron chi connectivity index (χ3n) is 4.53. The lowest BCUT2D eigenvalue weighted by Crippen LogP contribution is -2.39. The number of amides is 1. The van der Waals surface area contributed by atoms with Crippen molar-refractivity contribution in [3.05, 3.63) is 29.8 Å². The highest BCUT2D eigenvalue weighted by molar-refractivity contribution is 5.94. The van der Waals surface area contributed by atoms with Crippen LogP contribution in [-0.4, -0.2) is 41.1 Å². The van der Waals surface area contributed by atoms with Crippen molar-refractivity contribution in [2.75, 3.05) is 13.1 Å². The Balaban J connectivity index is 1.53. The van der Waals surface area contributed by atoms with Gasteiger partial charge >= 0.3 is 0 Å². The van der Waals surface area contributed by atoms with E-state index in [0.717, 1.165) is 25.6 Å². The number of rotatable bonds is 3. The molecule has 4 heteroatoms. The Bertz CT molecular complexity index is 466. The minimum Gasteiger partial charge on any atom is -0.508 e. The first-order valence-corrected chi connectivity index (χ1v) is 7.56. The molecule has 1 saturated carbocycles. The van der Waals surface area contributed by atoms with Gasteiger partial charge in [-0.3, -0.25) is 9.69 Å². The fraction of sp³-hybridized carbons (Fsp3) is 0.562. The van der Waals surface area contributed by atoms with Gasteiger partial charge in [-0.05, 0) is 43.5 Å². The smallest absolute Gasteiger partial charge is 0.251 e. The predicted molar refractivity (Wildman–Crippen MR) is 77.8 cm³/mol. The average molecular weight is 274 g/mol. The second-order valence-corrected chi connectivity index (χ2v) is 5.94. The number of hydrogen-bond acceptors (Lipinski definition) is 3. The minimum absolute atomic E-state index is 0.0386. The first-order chi connectivity index (χ1) is 9.72. The van der Waals surface area contributed by atoms with Crippen LogP contribution in [0.4, 0.5) is 0 Å². The van der Waals surface area contributed by atoms with Gasteiger partial charge in [0.25, 0.3) is 5.91 Å². The summed E-state index contributed by atoms with van der Waals surface area (Å²) < 4.78 is 0. The molecular weight excluding hydrogens is 252 g/mol. The zero-order valence-corrected chi connectivity index (χ0v) is 11.7. The summed E-state index contributed by atoms with van der Waals surface area (Å²) in [5.74, 6) is 0.151. The summed E-state index contributed by atoms with van der Waals surface area (Å²) in [5.41, 5.74) is 0.613. The molecule has 1 aliphatic carbocycles. The normalized spacial score (nSPS) is 24.1. The molecule has 3 rings (SSSR count). The van der Waals surface area contributed by atoms with Crippen molar-refractivity contribution in [2.45, 2.75) is 44.2 Å². The number of phenols is 1. The quantitative estimate of drug-likeness (QED) is 0.888. The molecule has 1 unspecified atom stereocenters. The number of aromatic hydroxyl groups is 1. The Hall–Kier alpha value is -1.55. The van der Waals surface area contributed by atoms with Crippen molar-refractivity contribution < 1.29 is 9.90 Å². The summed E-state index contributed by atoms with van der Waals surface area (Å²) >= 11 is 0. The van der Waals surface area contributed by atoms with E-state index in [0.29, 0.717) is 5.56 Å². The van der Waals surface area contributed by atoms with Crippen molar-refractivity contribution in [2.24, 2.45) is 0 Å². The molecule has 1 heterocycles. The number of nitrogens with zero attached hydrogens (tertiary/aromatic N) is 1. The van der Waals surface area contributed by atoms with Crippen LogP contribution in [0, 0.1) is 0 Å². The van der Waals surface area contributed by atoms with Gasteiger partial charge in [-0.2, -0.15) is 0 Å². The summed E-state index contributed by atoms with van der Waals surface area (Å²) in [7, 11) is 0. The second kappa shape index (κ2) is 5.83. The van der Waals surface area contributed by atoms with E-state index in [1.165, 1.54) is 25.7 Å². The maximum atomic E-state index is 12.1. The Kier molecular flexibility index (Phi) is 3.92. The lowest BCUT2D eigenvalue weighted by atomic mass is 10.2. The molecular formula is C16H22N2O2. The highest BCUT2D eigenvalue weighted by Gasteiger charge is 2.30. The fourth-order valence-electron chi connectivity index (χ4n) is 3.39. The summed E-state index contributed by atoms with van der Waals surface area (Å²) in [4.78, 5) is 14.7. The van der Waals surface area contributed by atoms with E-state index < -0.39 is 0 Å². The van der Waals surface area contributed by atoms with E-state index in [-0.39, 0.29) is 17.7 Å². The van der Waals surface area contributed by atoms with E-state index >= 15 is 0 Å². The maximum Gasteiger partial charge on any atom is 0.251 e. The van der Waals surface area contributed by atoms with E-state index in [1.807, 2.05) is 0 Å². The second-order valence-electron chi connectivity index (χ2n) is 5.94. The molecule has 20 heavy (non-hydrogen) atoms. The maximum absolute atomic E-state index is 12.1. The molecule has 1 aromatic carbocycles. The zero-order valence-electron chi connectivity index (χ0n) is 11.7. The van der Waals surface area contributed by atoms with Crippen LogP contribution in [-0.2, 0) is 0 Å². The van der Waals surface area contributed by atoms with Crippen LogP contribution in [0.15, 0.2) is 24.3 Å². The van der Waals surface area contributed by atoms with Crippen LogP contribution >= 0.6 is 0 Å². The zero-order chi connectivity index (χ0) is 13.9. The standard InChI is InChI=1S/C16H22N2O2/c19-15-7-5-12(6-8-15)16(20)17-13-9-10-18(11-13)14-3-1-2-4-14/h5-8,13-14,19H,1-4,9-11H2,(H,17,20). The molecule has 1 atom stereocenters. The number of carbonyl (C=O) groups excluding carboxylic acids is 1. The highest BCUT2D eigenvalue weighted by Crippen LogP contribution is 2.26. The van der Waals surface area contributed by atoms with Crippen LogP contribution in [0.25, 0.3) is 0 Å². The molecule has 2 fully saturated rings. The largest absolute Gasteiger partial charge is 0.508 e. The molecule has 1 aromatic rings. The summed E-state index contributed by atoms with van der Waals surface area (Å²) in [6, 6.07) is 7.42. The molecule has 108 valence electrons. The number of nitrogens with one attached hydrogen (secondary N) is 1. The highest BCUT2D eigenvalue weighted by atomic mass is 16.3. The van der Waals surface area contributed by atoms with Gasteiger partial charge in [0.2, 0.25) is 0 Å². The van der Waals surface area contributed by atoms with Gasteiger partial charge < -0.3 is 10.4 Å². The van der Waals surface area contributed by atoms with Gasteiger partial charge in [0.1, 0.15) is 5.75 Å². The number of benzene rings is 1. The lowest BCUT2D eigenvalue weighted by Gasteiger charge is -2.23. The van der Waals surface area contributed by atoms with Gasteiger partial charge in [-0.25, -0.2) is 0 Å². The Morgan fingerprint density at radius 1 is 1.15 bits per heavy atom. The van der Waals surface area contributed by atoms with Gasteiger partial charge in [0.05, 0.1) is 0 Å². The average Bonchev–Trinajstić information content (AvgIpc) is 3.09. The number of likely N-dealkylation sites (tertiary alicyclic amines) is 1. The van der Waals surface area contributed by atoms with Gasteiger partial charge in [0, 0.05) is 30.7 Å². The van der Waals surface area contributed by atoms with Crippen molar-refractivity contribution in [1.82, 2.24) is 10.2 Å². The molecule has 1 aliphatic heterocycles. The van der Waals surface area contributed by atoms with Crippen molar-refractivity contribution >= 4 is 5.91 Å². The third-order valence-corrected chi connectivity index (χ3v) is 4.53. The number of hydrogen-bond donors (Lipinski definition) is 2. The lowest BCUT2D eigenvalue weighted by molar-refractivity contribution is 0.0936. The van der Waals surface area contributed by atoms with Crippen LogP contribution in [0.1, 0.15) is 42.5 Å². The summed E-state index contributed by atoms with van der Waals surface area (Å²) in [5, 5.41) is 12.3. The van der Waals surface area contributed by atoms with E-state index in [9.17, 15) is 9.90 Å². The van der Waals surface area contributed by atoms with Gasteiger partial charge in [0.15, 0.2) is 0 Å². The van der Waals surface area contributed by atoms with E-state index in [2.05, 4.69) is 10.2 Å². The SMILES string of the molecule is O=C(NC1CCN(C2CCCC2)C1)c1ccc(O)cc1. The van der Waals surface area contributed by atoms with E-state index in [1.54, 1.807) is 24.3 Å². The summed E-state index contributed by atoms with van der Waals surface area (Å²) in [6.45, 7) is 2.08. The number of carbonyl (C=O) groups is 1. The first-order valence-electron chi connectivity index (χ1n) is 7.56. The molecule has 1 saturated heterocycles. The third kappa shape index (κ3) is 2.96. The Morgan fingerprint density at radius 3 is 2.55 bits per heavy atom. The molecule has 0 bridgehead atoms. The van der Waals surface area contributed by atoms with Crippen molar-refractivity contribution in [3.63, 3.8) is 0 Å². The monoisotopic (exact) mass is 274 g/mol. The van der Waals surface area contributed by atoms with Crippen LogP contribution in [0.3, 0.4) is 0 Å². The minimum atomic E-state index is -0.0386. The Morgan fingerprint density at radius 2 is 1.85 bits per heavy atom. The molecule has 0 radical (unpaired) electrons. The van der Waals surface area contributed by atoms with Crippen LogP contribution in [0.5, 0.6) is 5.75 Å². The van der Waals surface area contributed by atoms with E-state index in [4.69, 9.17) is 0 Å². The first kappa shape index (κ1) is 13.4. The molecule has 0 aromatic heterocycles. The fourth-order valence-corrected chi connectivity index (χ4v) is 3.39. The Labute approximate surface area is 119 Å². The van der Waals surface area contributed by atoms with Gasteiger partial charge in [-0.15, -0.1) is 0 Å². The van der Waals surface area contributed by atoms with Crippen molar-refractivity contribution in [1.29, 1.82) is 0 Å². The predicted octanol–water partition coefficient (Wildman–Crippen LogP) is 2.14. The molecule has 1 amide bonds. The molecule has 0 spiro atoms. The molecule has 2 aliphatic rings. The van der Waals surface area contributed by atoms with Crippen LogP contribution in [0.2, 0.25) is 0 Å². The van der Waals surface area contributed by atoms with Crippen molar-refractivity contribution in [3.8, 4) is 5.75 Å². The van der Waals surface area contributed by atoms with Gasteiger partial charge in [-0.1, -0.05) is 12.8 Å². The topological polar surface area (TPSA) is 52.6 Å². The molecule has 2 N–H and O–H groups in total. The number of phenolic OH excluding ortho intramolecular Hbond substituents is 1.